The fraction of sp³-hybridized carbons (Fsp3) is 0.440. The number of ether oxygens (including phenoxy) is 4. The Morgan fingerprint density at radius 2 is 1.25 bits per heavy atom. The zero-order chi connectivity index (χ0) is 22.2. The molecule has 0 spiro atoms. The van der Waals surface area contributed by atoms with Crippen molar-refractivity contribution >= 4 is 11.9 Å². The van der Waals surface area contributed by atoms with Gasteiger partial charge in [0.2, 0.25) is 0 Å². The molecule has 0 radical (unpaired) electrons. The molecule has 0 heterocycles. The molecule has 2 rings (SSSR count). The van der Waals surface area contributed by atoms with E-state index in [0.717, 1.165) is 11.1 Å². The van der Waals surface area contributed by atoms with Crippen LogP contribution in [0.4, 0.5) is 0 Å². The molecule has 0 bridgehead atoms. The van der Waals surface area contributed by atoms with Crippen LogP contribution < -0.4 is 29.6 Å². The van der Waals surface area contributed by atoms with Crippen LogP contribution in [0.2, 0.25) is 0 Å². The summed E-state index contributed by atoms with van der Waals surface area (Å²) in [6, 6.07) is 19.7. The van der Waals surface area contributed by atoms with Gasteiger partial charge in [-0.15, -0.1) is 0 Å². The fourth-order valence-electron chi connectivity index (χ4n) is 2.77. The minimum Gasteiger partial charge on any atom is -1.00 e. The Kier molecular flexibility index (Phi) is 15.8. The Morgan fingerprint density at radius 1 is 0.781 bits per heavy atom. The zero-order valence-electron chi connectivity index (χ0n) is 20.2. The molecule has 7 heteroatoms. The molecule has 0 N–H and O–H groups in total. The molecule has 2 aromatic carbocycles. The maximum atomic E-state index is 11.9. The van der Waals surface area contributed by atoms with E-state index in [2.05, 4.69) is 0 Å². The molecule has 0 aromatic heterocycles. The van der Waals surface area contributed by atoms with Crippen molar-refractivity contribution in [1.82, 2.24) is 0 Å². The second kappa shape index (κ2) is 17.8. The van der Waals surface area contributed by atoms with Gasteiger partial charge in [-0.25, -0.2) is 0 Å². The Balaban J connectivity index is 0.00000512. The zero-order valence-corrected chi connectivity index (χ0v) is 21.2. The molecule has 0 amide bonds. The van der Waals surface area contributed by atoms with Crippen LogP contribution in [0.15, 0.2) is 60.7 Å². The first-order valence-electron chi connectivity index (χ1n) is 10.7. The van der Waals surface area contributed by atoms with Crippen molar-refractivity contribution in [1.29, 1.82) is 0 Å². The largest absolute Gasteiger partial charge is 1.00 e. The normalized spacial score (nSPS) is 11.3. The summed E-state index contributed by atoms with van der Waals surface area (Å²) in [7, 11) is 0. The summed E-state index contributed by atoms with van der Waals surface area (Å²) in [5, 5.41) is 0. The van der Waals surface area contributed by atoms with E-state index in [-0.39, 0.29) is 62.4 Å². The Bertz CT molecular complexity index is 760. The standard InChI is InChI=1S/C25H32O6.Na.H/c1-21(31-25(27)15-9-17-29-20-23-12-6-3-7-13-23)18-30-24(26)14-8-16-28-19-22-10-4-2-5-11-22;;/h2-7,10-13,21H,8-9,14-20H2,1H3;;/q;+1;-1. The molecule has 0 saturated carbocycles. The van der Waals surface area contributed by atoms with Crippen LogP contribution in [0.5, 0.6) is 0 Å². The summed E-state index contributed by atoms with van der Waals surface area (Å²) in [6.07, 6.45) is 1.24. The number of hydrogen-bond acceptors (Lipinski definition) is 6. The van der Waals surface area contributed by atoms with Crippen molar-refractivity contribution in [2.45, 2.75) is 51.9 Å². The first-order valence-corrected chi connectivity index (χ1v) is 10.7. The van der Waals surface area contributed by atoms with Gasteiger partial charge in [0.15, 0.2) is 0 Å². The SMILES string of the molecule is CC(COC(=O)CCCOCc1ccccc1)OC(=O)CCCOCc1ccccc1.[H-].[Na+]. The minimum absolute atomic E-state index is 0. The molecule has 1 unspecified atom stereocenters. The van der Waals surface area contributed by atoms with Gasteiger partial charge >= 0.3 is 41.5 Å². The predicted octanol–water partition coefficient (Wildman–Crippen LogP) is 1.57. The van der Waals surface area contributed by atoms with E-state index < -0.39 is 6.10 Å². The molecular formula is C25H33NaO6. The fourth-order valence-corrected chi connectivity index (χ4v) is 2.77. The molecule has 0 aliphatic rings. The van der Waals surface area contributed by atoms with Crippen molar-refractivity contribution in [3.05, 3.63) is 71.8 Å². The molecule has 0 saturated heterocycles. The van der Waals surface area contributed by atoms with Crippen molar-refractivity contribution in [3.8, 4) is 0 Å². The maximum Gasteiger partial charge on any atom is 1.00 e. The quantitative estimate of drug-likeness (QED) is 0.232. The van der Waals surface area contributed by atoms with Crippen LogP contribution in [0.1, 0.15) is 45.2 Å². The van der Waals surface area contributed by atoms with Crippen LogP contribution in [0, 0.1) is 0 Å². The summed E-state index contributed by atoms with van der Waals surface area (Å²) in [5.74, 6) is -0.637. The number of esters is 2. The number of hydrogen-bond donors (Lipinski definition) is 0. The van der Waals surface area contributed by atoms with Crippen LogP contribution in [0.3, 0.4) is 0 Å². The molecule has 1 atom stereocenters. The Morgan fingerprint density at radius 3 is 1.75 bits per heavy atom. The smallest absolute Gasteiger partial charge is 1.00 e. The van der Waals surface area contributed by atoms with E-state index in [9.17, 15) is 9.59 Å². The van der Waals surface area contributed by atoms with Gasteiger partial charge < -0.3 is 20.4 Å². The summed E-state index contributed by atoms with van der Waals surface area (Å²) in [5.41, 5.74) is 2.20. The Labute approximate surface area is 214 Å². The second-order valence-corrected chi connectivity index (χ2v) is 7.27. The van der Waals surface area contributed by atoms with Gasteiger partial charge in [-0.1, -0.05) is 60.7 Å². The van der Waals surface area contributed by atoms with Crippen LogP contribution in [-0.4, -0.2) is 37.9 Å². The number of carbonyl (C=O) groups excluding carboxylic acids is 2. The van der Waals surface area contributed by atoms with Crippen molar-refractivity contribution in [3.63, 3.8) is 0 Å². The van der Waals surface area contributed by atoms with E-state index >= 15 is 0 Å². The molecule has 0 aliphatic heterocycles. The average Bonchev–Trinajstić information content (AvgIpc) is 2.78. The monoisotopic (exact) mass is 452 g/mol. The predicted molar refractivity (Wildman–Crippen MR) is 118 cm³/mol. The second-order valence-electron chi connectivity index (χ2n) is 7.27. The third-order valence-corrected chi connectivity index (χ3v) is 4.37. The van der Waals surface area contributed by atoms with Gasteiger partial charge in [0.1, 0.15) is 12.7 Å². The van der Waals surface area contributed by atoms with Gasteiger partial charge in [-0.2, -0.15) is 0 Å². The van der Waals surface area contributed by atoms with E-state index in [1.54, 1.807) is 6.92 Å². The molecular weight excluding hydrogens is 419 g/mol. The van der Waals surface area contributed by atoms with Gasteiger partial charge in [0.25, 0.3) is 0 Å². The van der Waals surface area contributed by atoms with E-state index in [1.807, 2.05) is 60.7 Å². The summed E-state index contributed by atoms with van der Waals surface area (Å²) >= 11 is 0. The molecule has 6 nitrogen and oxygen atoms in total. The molecule has 0 aliphatic carbocycles. The van der Waals surface area contributed by atoms with E-state index in [0.29, 0.717) is 39.3 Å². The van der Waals surface area contributed by atoms with Crippen LogP contribution in [0.25, 0.3) is 0 Å². The summed E-state index contributed by atoms with van der Waals surface area (Å²) in [4.78, 5) is 23.6. The molecule has 0 fully saturated rings. The topological polar surface area (TPSA) is 71.1 Å². The summed E-state index contributed by atoms with van der Waals surface area (Å²) < 4.78 is 21.5. The third kappa shape index (κ3) is 13.7. The van der Waals surface area contributed by atoms with Gasteiger partial charge in [0, 0.05) is 26.1 Å². The van der Waals surface area contributed by atoms with Gasteiger partial charge in [0.05, 0.1) is 13.2 Å². The number of carbonyl (C=O) groups is 2. The van der Waals surface area contributed by atoms with E-state index in [4.69, 9.17) is 18.9 Å². The Hall–Kier alpha value is -1.70. The van der Waals surface area contributed by atoms with Crippen molar-refractivity contribution < 1.29 is 59.5 Å². The van der Waals surface area contributed by atoms with Crippen molar-refractivity contribution in [2.75, 3.05) is 19.8 Å². The van der Waals surface area contributed by atoms with E-state index in [1.165, 1.54) is 0 Å². The molecule has 2 aromatic rings. The van der Waals surface area contributed by atoms with Gasteiger partial charge in [-0.05, 0) is 30.9 Å². The van der Waals surface area contributed by atoms with Crippen molar-refractivity contribution in [2.24, 2.45) is 0 Å². The third-order valence-electron chi connectivity index (χ3n) is 4.37. The minimum atomic E-state index is -0.476. The summed E-state index contributed by atoms with van der Waals surface area (Å²) in [6.45, 7) is 3.79. The maximum absolute atomic E-state index is 11.9. The first-order chi connectivity index (χ1) is 15.1. The first kappa shape index (κ1) is 28.3. The van der Waals surface area contributed by atoms with Crippen LogP contribution in [-0.2, 0) is 41.8 Å². The number of benzene rings is 2. The average molecular weight is 453 g/mol. The number of rotatable bonds is 15. The van der Waals surface area contributed by atoms with Gasteiger partial charge in [-0.3, -0.25) is 9.59 Å². The molecule has 170 valence electrons. The molecule has 32 heavy (non-hydrogen) atoms. The van der Waals surface area contributed by atoms with Crippen LogP contribution >= 0.6 is 0 Å².